The molecule has 5 heteroatoms. The molecule has 0 aliphatic heterocycles. The van der Waals surface area contributed by atoms with E-state index in [-0.39, 0.29) is 11.1 Å². The fourth-order valence-electron chi connectivity index (χ4n) is 3.72. The van der Waals surface area contributed by atoms with Crippen molar-refractivity contribution in [3.63, 3.8) is 0 Å². The van der Waals surface area contributed by atoms with Gasteiger partial charge in [-0.3, -0.25) is 0 Å². The minimum absolute atomic E-state index is 0.261. The number of halogens is 1. The van der Waals surface area contributed by atoms with Crippen LogP contribution < -0.4 is 0 Å². The van der Waals surface area contributed by atoms with Gasteiger partial charge in [0, 0.05) is 0 Å². The van der Waals surface area contributed by atoms with E-state index in [0.29, 0.717) is 18.4 Å². The van der Waals surface area contributed by atoms with Gasteiger partial charge in [-0.2, -0.15) is 0 Å². The van der Waals surface area contributed by atoms with Crippen LogP contribution >= 0.6 is 0 Å². The van der Waals surface area contributed by atoms with Crippen LogP contribution in [-0.2, 0) is 12.8 Å². The van der Waals surface area contributed by atoms with Gasteiger partial charge in [-0.15, -0.1) is 0 Å². The summed E-state index contributed by atoms with van der Waals surface area (Å²) in [4.78, 5) is 11.7. The van der Waals surface area contributed by atoms with Crippen molar-refractivity contribution in [1.29, 1.82) is 0 Å². The first-order valence-electron chi connectivity index (χ1n) is 10.9. The van der Waals surface area contributed by atoms with E-state index >= 15 is 0 Å². The van der Waals surface area contributed by atoms with Gasteiger partial charge in [-0.1, -0.05) is 78.1 Å². The Hall–Kier alpha value is -1.78. The number of carbonyl (C=O) groups is 1. The predicted molar refractivity (Wildman–Crippen MR) is 111 cm³/mol. The van der Waals surface area contributed by atoms with E-state index in [1.165, 1.54) is 12.8 Å². The minimum Gasteiger partial charge on any atom is -0.504 e. The Balaban J connectivity index is 2.92. The van der Waals surface area contributed by atoms with E-state index in [0.717, 1.165) is 64.2 Å². The van der Waals surface area contributed by atoms with Crippen molar-refractivity contribution in [2.24, 2.45) is 0 Å². The molecule has 0 spiro atoms. The first-order chi connectivity index (χ1) is 13.5. The highest BCUT2D eigenvalue weighted by atomic mass is 19.1. The topological polar surface area (TPSA) is 77.8 Å². The Morgan fingerprint density at radius 1 is 0.714 bits per heavy atom. The van der Waals surface area contributed by atoms with E-state index in [1.807, 2.05) is 0 Å². The fourth-order valence-corrected chi connectivity index (χ4v) is 3.72. The zero-order chi connectivity index (χ0) is 20.9. The highest BCUT2D eigenvalue weighted by Crippen LogP contribution is 2.39. The third-order valence-electron chi connectivity index (χ3n) is 5.37. The monoisotopic (exact) mass is 396 g/mol. The zero-order valence-electron chi connectivity index (χ0n) is 17.5. The largest absolute Gasteiger partial charge is 0.504 e. The summed E-state index contributed by atoms with van der Waals surface area (Å²) in [6, 6.07) is 0. The Labute approximate surface area is 168 Å². The maximum atomic E-state index is 14.7. The van der Waals surface area contributed by atoms with Gasteiger partial charge >= 0.3 is 5.97 Å². The molecule has 0 amide bonds. The van der Waals surface area contributed by atoms with Crippen LogP contribution in [0.5, 0.6) is 11.5 Å². The number of rotatable bonds is 15. The average molecular weight is 397 g/mol. The molecule has 0 heterocycles. The van der Waals surface area contributed by atoms with Crippen molar-refractivity contribution in [3.8, 4) is 11.5 Å². The molecule has 0 atom stereocenters. The summed E-state index contributed by atoms with van der Waals surface area (Å²) in [6.07, 6.45) is 13.3. The molecule has 0 radical (unpaired) electrons. The zero-order valence-corrected chi connectivity index (χ0v) is 17.5. The third kappa shape index (κ3) is 7.33. The number of hydrogen-bond donors (Lipinski definition) is 3. The molecule has 1 aromatic carbocycles. The van der Waals surface area contributed by atoms with Crippen LogP contribution in [0.25, 0.3) is 0 Å². The van der Waals surface area contributed by atoms with E-state index in [1.54, 1.807) is 0 Å². The minimum atomic E-state index is -1.32. The second-order valence-electron chi connectivity index (χ2n) is 7.68. The van der Waals surface area contributed by atoms with Gasteiger partial charge in [0.15, 0.2) is 17.3 Å². The molecule has 28 heavy (non-hydrogen) atoms. The highest BCUT2D eigenvalue weighted by molar-refractivity contribution is 5.94. The molecule has 4 nitrogen and oxygen atoms in total. The molecule has 3 N–H and O–H groups in total. The molecule has 0 aliphatic carbocycles. The van der Waals surface area contributed by atoms with Gasteiger partial charge in [0.1, 0.15) is 5.56 Å². The van der Waals surface area contributed by atoms with Crippen molar-refractivity contribution in [2.45, 2.75) is 104 Å². The number of carboxylic acids is 1. The van der Waals surface area contributed by atoms with E-state index in [4.69, 9.17) is 0 Å². The molecule has 1 aromatic rings. The maximum absolute atomic E-state index is 14.7. The number of aromatic carboxylic acids is 1. The smallest absolute Gasteiger partial charge is 0.339 e. The van der Waals surface area contributed by atoms with Gasteiger partial charge in [0.2, 0.25) is 0 Å². The van der Waals surface area contributed by atoms with Crippen LogP contribution in [-0.4, -0.2) is 21.3 Å². The third-order valence-corrected chi connectivity index (χ3v) is 5.37. The molecular formula is C23H37FO4. The molecule has 0 saturated heterocycles. The molecule has 0 aromatic heterocycles. The van der Waals surface area contributed by atoms with Crippen LogP contribution in [0.1, 0.15) is 112 Å². The lowest BCUT2D eigenvalue weighted by atomic mass is 9.90. The maximum Gasteiger partial charge on any atom is 0.339 e. The first kappa shape index (κ1) is 24.3. The Morgan fingerprint density at radius 3 is 1.61 bits per heavy atom. The van der Waals surface area contributed by atoms with Crippen molar-refractivity contribution < 1.29 is 24.5 Å². The summed E-state index contributed by atoms with van der Waals surface area (Å²) in [5.74, 6) is -3.97. The number of hydrogen-bond acceptors (Lipinski definition) is 3. The molecular weight excluding hydrogens is 359 g/mol. The highest BCUT2D eigenvalue weighted by Gasteiger charge is 2.27. The number of unbranched alkanes of at least 4 members (excludes halogenated alkanes) is 10. The van der Waals surface area contributed by atoms with E-state index in [9.17, 15) is 24.5 Å². The SMILES string of the molecule is CCCCCCCCc1c(F)c(O)c(O)c(C(=O)O)c1CCCCCCCC. The van der Waals surface area contributed by atoms with Gasteiger partial charge in [0.25, 0.3) is 0 Å². The van der Waals surface area contributed by atoms with Crippen LogP contribution in [0.15, 0.2) is 0 Å². The standard InChI is InChI=1S/C23H37FO4/c1-3-5-7-9-11-13-15-17-18(16-14-12-10-8-6-4-2)20(24)22(26)21(25)19(17)23(27)28/h25-26H,3-16H2,1-2H3,(H,27,28). The van der Waals surface area contributed by atoms with E-state index in [2.05, 4.69) is 13.8 Å². The van der Waals surface area contributed by atoms with Crippen LogP contribution in [0, 0.1) is 5.82 Å². The summed E-state index contributed by atoms with van der Waals surface area (Å²) in [5.41, 5.74) is 0.273. The predicted octanol–water partition coefficient (Wildman–Crippen LogP) is 6.74. The fraction of sp³-hybridized carbons (Fsp3) is 0.696. The van der Waals surface area contributed by atoms with E-state index < -0.39 is 23.3 Å². The first-order valence-corrected chi connectivity index (χ1v) is 10.9. The molecule has 1 rings (SSSR count). The molecule has 0 unspecified atom stereocenters. The molecule has 160 valence electrons. The molecule has 0 saturated carbocycles. The van der Waals surface area contributed by atoms with Crippen molar-refractivity contribution in [2.75, 3.05) is 0 Å². The summed E-state index contributed by atoms with van der Waals surface area (Å²) < 4.78 is 14.7. The van der Waals surface area contributed by atoms with Crippen LogP contribution in [0.2, 0.25) is 0 Å². The second-order valence-corrected chi connectivity index (χ2v) is 7.68. The average Bonchev–Trinajstić information content (AvgIpc) is 2.67. The molecule has 0 bridgehead atoms. The summed E-state index contributed by atoms with van der Waals surface area (Å²) in [6.45, 7) is 4.30. The van der Waals surface area contributed by atoms with Crippen LogP contribution in [0.4, 0.5) is 4.39 Å². The second kappa shape index (κ2) is 13.4. The summed E-state index contributed by atoms with van der Waals surface area (Å²) in [5, 5.41) is 29.5. The number of phenols is 2. The summed E-state index contributed by atoms with van der Waals surface area (Å²) in [7, 11) is 0. The number of benzene rings is 1. The lowest BCUT2D eigenvalue weighted by Gasteiger charge is -2.17. The van der Waals surface area contributed by atoms with Gasteiger partial charge in [-0.05, 0) is 36.8 Å². The number of aromatic hydroxyl groups is 2. The lowest BCUT2D eigenvalue weighted by molar-refractivity contribution is 0.0691. The van der Waals surface area contributed by atoms with Crippen molar-refractivity contribution in [1.82, 2.24) is 0 Å². The number of carboxylic acid groups (broad SMARTS) is 1. The Kier molecular flexibility index (Phi) is 11.6. The van der Waals surface area contributed by atoms with Crippen molar-refractivity contribution >= 4 is 5.97 Å². The van der Waals surface area contributed by atoms with Gasteiger partial charge < -0.3 is 15.3 Å². The normalized spacial score (nSPS) is 11.1. The van der Waals surface area contributed by atoms with Gasteiger partial charge in [-0.25, -0.2) is 9.18 Å². The summed E-state index contributed by atoms with van der Waals surface area (Å²) >= 11 is 0. The number of phenolic OH excluding ortho intramolecular Hbond substituents is 1. The quantitative estimate of drug-likeness (QED) is 0.226. The molecule has 0 aliphatic rings. The lowest BCUT2D eigenvalue weighted by Crippen LogP contribution is -2.10. The Bertz CT molecular complexity index is 613. The molecule has 0 fully saturated rings. The van der Waals surface area contributed by atoms with Crippen molar-refractivity contribution in [3.05, 3.63) is 22.5 Å². The van der Waals surface area contributed by atoms with Gasteiger partial charge in [0.05, 0.1) is 0 Å². The Morgan fingerprint density at radius 2 is 1.14 bits per heavy atom. The van der Waals surface area contributed by atoms with Crippen LogP contribution in [0.3, 0.4) is 0 Å².